The maximum absolute atomic E-state index is 11.4. The van der Waals surface area contributed by atoms with Gasteiger partial charge in [-0.05, 0) is 30.9 Å². The number of nitrogens with zero attached hydrogens (tertiary/aromatic N) is 3. The molecule has 0 aromatic carbocycles. The van der Waals surface area contributed by atoms with Gasteiger partial charge in [0.1, 0.15) is 9.84 Å². The molecule has 1 aliphatic rings. The summed E-state index contributed by atoms with van der Waals surface area (Å²) in [5, 5.41) is 6.28. The lowest BCUT2D eigenvalue weighted by Gasteiger charge is -2.23. The summed E-state index contributed by atoms with van der Waals surface area (Å²) in [6, 6.07) is 0.0519. The van der Waals surface area contributed by atoms with E-state index in [4.69, 9.17) is 11.6 Å². The molecule has 0 aliphatic carbocycles. The number of anilines is 2. The Bertz CT molecular complexity index is 552. The Morgan fingerprint density at radius 2 is 1.85 bits per heavy atom. The van der Waals surface area contributed by atoms with Crippen LogP contribution in [0.15, 0.2) is 0 Å². The standard InChI is InChI=1S/C11H18ClN5O2S/c1-2-5-13-10-15-9(12)16-11(17-10)14-8-3-6-20(18,19)7-4-8/h8H,2-7H2,1H3,(H2,13,14,15,16,17). The largest absolute Gasteiger partial charge is 0.354 e. The van der Waals surface area contributed by atoms with Gasteiger partial charge in [0.05, 0.1) is 11.5 Å². The number of hydrogen-bond donors (Lipinski definition) is 2. The van der Waals surface area contributed by atoms with Crippen LogP contribution in [0.4, 0.5) is 11.9 Å². The molecule has 0 spiro atoms. The van der Waals surface area contributed by atoms with E-state index in [0.717, 1.165) is 13.0 Å². The van der Waals surface area contributed by atoms with Gasteiger partial charge in [-0.3, -0.25) is 0 Å². The molecule has 0 unspecified atom stereocenters. The molecule has 9 heteroatoms. The fourth-order valence-electron chi connectivity index (χ4n) is 1.95. The van der Waals surface area contributed by atoms with E-state index in [1.165, 1.54) is 0 Å². The second-order valence-electron chi connectivity index (χ2n) is 4.75. The highest BCUT2D eigenvalue weighted by Gasteiger charge is 2.24. The maximum Gasteiger partial charge on any atom is 0.229 e. The topological polar surface area (TPSA) is 96.9 Å². The molecule has 2 rings (SSSR count). The lowest BCUT2D eigenvalue weighted by molar-refractivity contribution is 0.558. The first kappa shape index (κ1) is 15.2. The summed E-state index contributed by atoms with van der Waals surface area (Å²) in [7, 11) is -2.87. The first-order valence-electron chi connectivity index (χ1n) is 6.61. The van der Waals surface area contributed by atoms with E-state index >= 15 is 0 Å². The van der Waals surface area contributed by atoms with E-state index in [1.807, 2.05) is 6.92 Å². The van der Waals surface area contributed by atoms with Gasteiger partial charge in [-0.2, -0.15) is 15.0 Å². The molecule has 0 bridgehead atoms. The van der Waals surface area contributed by atoms with Crippen LogP contribution < -0.4 is 10.6 Å². The average Bonchev–Trinajstić information content (AvgIpc) is 2.38. The van der Waals surface area contributed by atoms with Crippen molar-refractivity contribution in [3.63, 3.8) is 0 Å². The molecule has 1 fully saturated rings. The van der Waals surface area contributed by atoms with Crippen LogP contribution in [0.1, 0.15) is 26.2 Å². The summed E-state index contributed by atoms with van der Waals surface area (Å²) in [5.74, 6) is 1.21. The van der Waals surface area contributed by atoms with Gasteiger partial charge in [-0.15, -0.1) is 0 Å². The van der Waals surface area contributed by atoms with Crippen LogP contribution in [0.2, 0.25) is 5.28 Å². The molecule has 112 valence electrons. The third kappa shape index (κ3) is 4.45. The summed E-state index contributed by atoms with van der Waals surface area (Å²) < 4.78 is 22.7. The van der Waals surface area contributed by atoms with Crippen LogP contribution in [0.3, 0.4) is 0 Å². The SMILES string of the molecule is CCCNc1nc(Cl)nc(NC2CCS(=O)(=O)CC2)n1. The number of hydrogen-bond acceptors (Lipinski definition) is 7. The molecular formula is C11H18ClN5O2S. The molecule has 0 amide bonds. The van der Waals surface area contributed by atoms with Gasteiger partial charge in [0.25, 0.3) is 0 Å². The molecule has 0 atom stereocenters. The number of sulfone groups is 1. The lowest BCUT2D eigenvalue weighted by atomic mass is 10.2. The molecule has 0 saturated carbocycles. The second-order valence-corrected chi connectivity index (χ2v) is 7.39. The van der Waals surface area contributed by atoms with Crippen molar-refractivity contribution in [1.29, 1.82) is 0 Å². The van der Waals surface area contributed by atoms with Crippen molar-refractivity contribution >= 4 is 33.3 Å². The van der Waals surface area contributed by atoms with Gasteiger partial charge in [-0.1, -0.05) is 6.92 Å². The van der Waals surface area contributed by atoms with Gasteiger partial charge >= 0.3 is 0 Å². The van der Waals surface area contributed by atoms with Gasteiger partial charge in [0, 0.05) is 12.6 Å². The van der Waals surface area contributed by atoms with Crippen LogP contribution in [-0.2, 0) is 9.84 Å². The third-order valence-electron chi connectivity index (χ3n) is 3.03. The lowest BCUT2D eigenvalue weighted by Crippen LogP contribution is -2.32. The fraction of sp³-hybridized carbons (Fsp3) is 0.727. The van der Waals surface area contributed by atoms with Crippen LogP contribution in [-0.4, -0.2) is 47.5 Å². The van der Waals surface area contributed by atoms with Gasteiger partial charge < -0.3 is 10.6 Å². The molecule has 1 saturated heterocycles. The molecule has 1 aliphatic heterocycles. The molecule has 7 nitrogen and oxygen atoms in total. The van der Waals surface area contributed by atoms with Crippen molar-refractivity contribution < 1.29 is 8.42 Å². The van der Waals surface area contributed by atoms with Crippen molar-refractivity contribution in [2.75, 3.05) is 28.7 Å². The number of nitrogens with one attached hydrogen (secondary N) is 2. The highest BCUT2D eigenvalue weighted by molar-refractivity contribution is 7.91. The predicted molar refractivity (Wildman–Crippen MR) is 78.9 cm³/mol. The number of aromatic nitrogens is 3. The predicted octanol–water partition coefficient (Wildman–Crippen LogP) is 1.34. The zero-order valence-electron chi connectivity index (χ0n) is 11.3. The van der Waals surface area contributed by atoms with Gasteiger partial charge in [0.2, 0.25) is 17.2 Å². The Hall–Kier alpha value is -1.15. The molecule has 2 N–H and O–H groups in total. The molecular weight excluding hydrogens is 302 g/mol. The van der Waals surface area contributed by atoms with Crippen molar-refractivity contribution in [3.05, 3.63) is 5.28 Å². The van der Waals surface area contributed by atoms with Crippen molar-refractivity contribution in [3.8, 4) is 0 Å². The summed E-state index contributed by atoms with van der Waals surface area (Å²) in [6.45, 7) is 2.79. The van der Waals surface area contributed by atoms with Crippen LogP contribution in [0.5, 0.6) is 0 Å². The van der Waals surface area contributed by atoms with Gasteiger partial charge in [0.15, 0.2) is 0 Å². The molecule has 0 radical (unpaired) electrons. The minimum atomic E-state index is -2.87. The van der Waals surface area contributed by atoms with Crippen molar-refractivity contribution in [2.24, 2.45) is 0 Å². The molecule has 1 aromatic rings. The Balaban J connectivity index is 2.00. The smallest absolute Gasteiger partial charge is 0.229 e. The molecule has 2 heterocycles. The Morgan fingerprint density at radius 1 is 1.20 bits per heavy atom. The van der Waals surface area contributed by atoms with Crippen molar-refractivity contribution in [1.82, 2.24) is 15.0 Å². The average molecular weight is 320 g/mol. The highest BCUT2D eigenvalue weighted by Crippen LogP contribution is 2.17. The van der Waals surface area contributed by atoms with Gasteiger partial charge in [-0.25, -0.2) is 8.42 Å². The molecule has 20 heavy (non-hydrogen) atoms. The van der Waals surface area contributed by atoms with E-state index in [-0.39, 0.29) is 22.8 Å². The van der Waals surface area contributed by atoms with Crippen LogP contribution >= 0.6 is 11.6 Å². The first-order chi connectivity index (χ1) is 9.48. The van der Waals surface area contributed by atoms with E-state index < -0.39 is 9.84 Å². The monoisotopic (exact) mass is 319 g/mol. The second kappa shape index (κ2) is 6.53. The normalized spacial score (nSPS) is 18.7. The Morgan fingerprint density at radius 3 is 2.50 bits per heavy atom. The van der Waals surface area contributed by atoms with E-state index in [9.17, 15) is 8.42 Å². The Kier molecular flexibility index (Phi) is 4.98. The van der Waals surface area contributed by atoms with E-state index in [2.05, 4.69) is 25.6 Å². The molecule has 1 aromatic heterocycles. The fourth-order valence-corrected chi connectivity index (χ4v) is 3.60. The number of rotatable bonds is 5. The summed E-state index contributed by atoms with van der Waals surface area (Å²) in [4.78, 5) is 12.2. The minimum absolute atomic E-state index is 0.0519. The summed E-state index contributed by atoms with van der Waals surface area (Å²) >= 11 is 5.85. The highest BCUT2D eigenvalue weighted by atomic mass is 35.5. The minimum Gasteiger partial charge on any atom is -0.354 e. The maximum atomic E-state index is 11.4. The first-order valence-corrected chi connectivity index (χ1v) is 8.81. The third-order valence-corrected chi connectivity index (χ3v) is 4.91. The summed E-state index contributed by atoms with van der Waals surface area (Å²) in [6.07, 6.45) is 2.07. The summed E-state index contributed by atoms with van der Waals surface area (Å²) in [5.41, 5.74) is 0. The Labute approximate surface area is 123 Å². The zero-order chi connectivity index (χ0) is 14.6. The zero-order valence-corrected chi connectivity index (χ0v) is 12.8. The van der Waals surface area contributed by atoms with Crippen LogP contribution in [0, 0.1) is 0 Å². The van der Waals surface area contributed by atoms with E-state index in [1.54, 1.807) is 0 Å². The van der Waals surface area contributed by atoms with Crippen LogP contribution in [0.25, 0.3) is 0 Å². The van der Waals surface area contributed by atoms with Crippen molar-refractivity contribution in [2.45, 2.75) is 32.2 Å². The number of halogens is 1. The quantitative estimate of drug-likeness (QED) is 0.845. The van der Waals surface area contributed by atoms with E-state index in [0.29, 0.717) is 24.7 Å².